The molecule has 2 amide bonds. The molecule has 8 heteroatoms. The topological polar surface area (TPSA) is 92.8 Å². The van der Waals surface area contributed by atoms with E-state index in [1.54, 1.807) is 36.4 Å². The van der Waals surface area contributed by atoms with Crippen LogP contribution in [0.15, 0.2) is 77.7 Å². The molecule has 7 nitrogen and oxygen atoms in total. The van der Waals surface area contributed by atoms with Crippen molar-refractivity contribution in [3.05, 3.63) is 89.5 Å². The summed E-state index contributed by atoms with van der Waals surface area (Å²) in [7, 11) is -3.32. The van der Waals surface area contributed by atoms with Gasteiger partial charge in [0.1, 0.15) is 5.75 Å². The first-order valence-corrected chi connectivity index (χ1v) is 13.9. The highest BCUT2D eigenvalue weighted by molar-refractivity contribution is 7.90. The predicted molar refractivity (Wildman–Crippen MR) is 137 cm³/mol. The molecule has 186 valence electrons. The summed E-state index contributed by atoms with van der Waals surface area (Å²) in [4.78, 5) is 27.1. The van der Waals surface area contributed by atoms with E-state index >= 15 is 0 Å². The van der Waals surface area contributed by atoms with Crippen LogP contribution in [0, 0.1) is 5.92 Å². The quantitative estimate of drug-likeness (QED) is 0.565. The van der Waals surface area contributed by atoms with Crippen molar-refractivity contribution in [2.75, 3.05) is 31.3 Å². The Hall–Kier alpha value is -3.65. The predicted octanol–water partition coefficient (Wildman–Crippen LogP) is 4.11. The van der Waals surface area contributed by atoms with Crippen LogP contribution in [-0.2, 0) is 14.6 Å². The zero-order valence-corrected chi connectivity index (χ0v) is 20.8. The van der Waals surface area contributed by atoms with E-state index in [-0.39, 0.29) is 30.3 Å². The molecule has 1 saturated heterocycles. The van der Waals surface area contributed by atoms with Crippen molar-refractivity contribution in [3.8, 4) is 5.75 Å². The SMILES string of the molecule is CS(=O)(=O)c1cccc(C(c2ccccc2)C2CCN(C(=O)c3ccc4c(c3)NC(=O)CO4)CC2)c1. The minimum atomic E-state index is -3.32. The largest absolute Gasteiger partial charge is 0.482 e. The fraction of sp³-hybridized carbons (Fsp3) is 0.286. The van der Waals surface area contributed by atoms with Crippen LogP contribution in [0.3, 0.4) is 0 Å². The van der Waals surface area contributed by atoms with Crippen LogP contribution in [0.1, 0.15) is 40.2 Å². The lowest BCUT2D eigenvalue weighted by molar-refractivity contribution is -0.118. The first kappa shape index (κ1) is 24.1. The Morgan fingerprint density at radius 3 is 2.42 bits per heavy atom. The second-order valence-electron chi connectivity index (χ2n) is 9.41. The molecule has 1 N–H and O–H groups in total. The number of hydrogen-bond donors (Lipinski definition) is 1. The number of sulfone groups is 1. The van der Waals surface area contributed by atoms with Gasteiger partial charge in [-0.05, 0) is 60.2 Å². The highest BCUT2D eigenvalue weighted by Gasteiger charge is 2.31. The fourth-order valence-electron chi connectivity index (χ4n) is 5.17. The Labute approximate surface area is 211 Å². The summed E-state index contributed by atoms with van der Waals surface area (Å²) >= 11 is 0. The van der Waals surface area contributed by atoms with E-state index in [9.17, 15) is 18.0 Å². The standard InChI is InChI=1S/C28H28N2O5S/c1-36(33,34)23-9-5-8-21(16-23)27(19-6-3-2-4-7-19)20-12-14-30(15-13-20)28(32)22-10-11-25-24(17-22)29-26(31)18-35-25/h2-11,16-17,20,27H,12-15,18H2,1H3,(H,29,31). The number of nitrogens with zero attached hydrogens (tertiary/aromatic N) is 1. The molecule has 2 aliphatic heterocycles. The summed E-state index contributed by atoms with van der Waals surface area (Å²) in [6, 6.07) is 22.5. The van der Waals surface area contributed by atoms with Crippen molar-refractivity contribution in [2.24, 2.45) is 5.92 Å². The number of benzene rings is 3. The van der Waals surface area contributed by atoms with Crippen LogP contribution in [-0.4, -0.2) is 51.1 Å². The van der Waals surface area contributed by atoms with Gasteiger partial charge >= 0.3 is 0 Å². The Bertz CT molecular complexity index is 1400. The number of nitrogens with one attached hydrogen (secondary N) is 1. The zero-order valence-electron chi connectivity index (χ0n) is 20.0. The Kier molecular flexibility index (Phi) is 6.53. The molecule has 3 aromatic rings. The van der Waals surface area contributed by atoms with E-state index in [1.165, 1.54) is 6.26 Å². The van der Waals surface area contributed by atoms with Crippen molar-refractivity contribution in [1.29, 1.82) is 0 Å². The molecular weight excluding hydrogens is 476 g/mol. The molecule has 0 aliphatic carbocycles. The third-order valence-corrected chi connectivity index (χ3v) is 8.07. The fourth-order valence-corrected chi connectivity index (χ4v) is 5.85. The molecule has 0 bridgehead atoms. The van der Waals surface area contributed by atoms with Crippen molar-refractivity contribution in [2.45, 2.75) is 23.7 Å². The maximum absolute atomic E-state index is 13.2. The van der Waals surface area contributed by atoms with Gasteiger partial charge in [0.05, 0.1) is 10.6 Å². The second-order valence-corrected chi connectivity index (χ2v) is 11.4. The van der Waals surface area contributed by atoms with Crippen LogP contribution in [0.5, 0.6) is 5.75 Å². The lowest BCUT2D eigenvalue weighted by Crippen LogP contribution is -2.40. The van der Waals surface area contributed by atoms with Crippen molar-refractivity contribution < 1.29 is 22.7 Å². The van der Waals surface area contributed by atoms with E-state index in [2.05, 4.69) is 17.4 Å². The summed E-state index contributed by atoms with van der Waals surface area (Å²) in [6.45, 7) is 1.17. The Morgan fingerprint density at radius 1 is 0.972 bits per heavy atom. The van der Waals surface area contributed by atoms with Gasteiger partial charge in [0.25, 0.3) is 11.8 Å². The van der Waals surface area contributed by atoms with E-state index < -0.39 is 9.84 Å². The maximum atomic E-state index is 13.2. The molecule has 0 saturated carbocycles. The van der Waals surface area contributed by atoms with Gasteiger partial charge in [-0.3, -0.25) is 9.59 Å². The van der Waals surface area contributed by atoms with Crippen molar-refractivity contribution in [1.82, 2.24) is 4.90 Å². The summed E-state index contributed by atoms with van der Waals surface area (Å²) in [5.41, 5.74) is 3.14. The van der Waals surface area contributed by atoms with Gasteiger partial charge in [-0.15, -0.1) is 0 Å². The molecule has 3 aromatic carbocycles. The molecule has 36 heavy (non-hydrogen) atoms. The van der Waals surface area contributed by atoms with Gasteiger partial charge in [-0.1, -0.05) is 42.5 Å². The molecule has 0 radical (unpaired) electrons. The number of fused-ring (bicyclic) bond motifs is 1. The normalized spacial score (nSPS) is 17.0. The average Bonchev–Trinajstić information content (AvgIpc) is 2.89. The van der Waals surface area contributed by atoms with Crippen LogP contribution in [0.25, 0.3) is 0 Å². The van der Waals surface area contributed by atoms with E-state index in [1.807, 2.05) is 29.2 Å². The van der Waals surface area contributed by atoms with Crippen molar-refractivity contribution >= 4 is 27.3 Å². The molecule has 2 heterocycles. The van der Waals surface area contributed by atoms with Gasteiger partial charge < -0.3 is 15.0 Å². The van der Waals surface area contributed by atoms with Crippen LogP contribution in [0.2, 0.25) is 0 Å². The number of piperidine rings is 1. The average molecular weight is 505 g/mol. The molecule has 2 aliphatic rings. The third kappa shape index (κ3) is 4.99. The van der Waals surface area contributed by atoms with Crippen molar-refractivity contribution in [3.63, 3.8) is 0 Å². The summed E-state index contributed by atoms with van der Waals surface area (Å²) in [5.74, 6) is 0.529. The first-order valence-electron chi connectivity index (χ1n) is 12.0. The third-order valence-electron chi connectivity index (χ3n) is 6.96. The maximum Gasteiger partial charge on any atom is 0.262 e. The highest BCUT2D eigenvalue weighted by Crippen LogP contribution is 2.39. The van der Waals surface area contributed by atoms with E-state index in [0.717, 1.165) is 24.0 Å². The van der Waals surface area contributed by atoms with Gasteiger partial charge in [-0.25, -0.2) is 8.42 Å². The van der Waals surface area contributed by atoms with E-state index in [4.69, 9.17) is 4.74 Å². The number of hydrogen-bond acceptors (Lipinski definition) is 5. The minimum absolute atomic E-state index is 0.0243. The van der Waals surface area contributed by atoms with E-state index in [0.29, 0.717) is 35.0 Å². The van der Waals surface area contributed by atoms with Gasteiger partial charge in [0, 0.05) is 30.8 Å². The Morgan fingerprint density at radius 2 is 1.69 bits per heavy atom. The number of carbonyl (C=O) groups is 2. The number of anilines is 1. The van der Waals surface area contributed by atoms with Crippen LogP contribution in [0.4, 0.5) is 5.69 Å². The number of ether oxygens (including phenoxy) is 1. The lowest BCUT2D eigenvalue weighted by Gasteiger charge is -2.37. The summed E-state index contributed by atoms with van der Waals surface area (Å²) in [5, 5.41) is 2.75. The molecule has 1 unspecified atom stereocenters. The van der Waals surface area contributed by atoms with Gasteiger partial charge in [0.2, 0.25) is 0 Å². The summed E-state index contributed by atoms with van der Waals surface area (Å²) in [6.07, 6.45) is 2.81. The molecule has 1 fully saturated rings. The molecule has 0 aromatic heterocycles. The van der Waals surface area contributed by atoms with Gasteiger partial charge in [-0.2, -0.15) is 0 Å². The number of likely N-dealkylation sites (tertiary alicyclic amines) is 1. The molecular formula is C28H28N2O5S. The highest BCUT2D eigenvalue weighted by atomic mass is 32.2. The summed E-state index contributed by atoms with van der Waals surface area (Å²) < 4.78 is 29.8. The zero-order chi connectivity index (χ0) is 25.3. The molecule has 1 atom stereocenters. The molecule has 0 spiro atoms. The minimum Gasteiger partial charge on any atom is -0.482 e. The Balaban J connectivity index is 1.36. The number of rotatable bonds is 5. The van der Waals surface area contributed by atoms with Gasteiger partial charge in [0.15, 0.2) is 16.4 Å². The van der Waals surface area contributed by atoms with Crippen LogP contribution < -0.4 is 10.1 Å². The second kappa shape index (κ2) is 9.78. The number of amides is 2. The monoisotopic (exact) mass is 504 g/mol. The molecule has 5 rings (SSSR count). The smallest absolute Gasteiger partial charge is 0.262 e. The van der Waals surface area contributed by atoms with Crippen LogP contribution >= 0.6 is 0 Å². The lowest BCUT2D eigenvalue weighted by atomic mass is 9.76. The number of carbonyl (C=O) groups excluding carboxylic acids is 2. The first-order chi connectivity index (χ1) is 17.3.